The summed E-state index contributed by atoms with van der Waals surface area (Å²) < 4.78 is 13.3. The molecule has 0 amide bonds. The van der Waals surface area contributed by atoms with Crippen molar-refractivity contribution >= 4 is 28.4 Å². The number of halogens is 1. The number of aromatic nitrogens is 2. The van der Waals surface area contributed by atoms with Gasteiger partial charge in [-0.25, -0.2) is 4.21 Å². The molecule has 0 saturated heterocycles. The lowest BCUT2D eigenvalue weighted by molar-refractivity contribution is 0.655. The van der Waals surface area contributed by atoms with E-state index in [2.05, 4.69) is 5.10 Å². The van der Waals surface area contributed by atoms with Crippen LogP contribution in [-0.2, 0) is 11.0 Å². The number of hydrogen-bond donors (Lipinski definition) is 1. The highest BCUT2D eigenvalue weighted by molar-refractivity contribution is 7.84. The number of nitrogens with zero attached hydrogens (tertiary/aromatic N) is 2. The highest BCUT2D eigenvalue weighted by Gasteiger charge is 2.23. The van der Waals surface area contributed by atoms with Crippen LogP contribution in [0.25, 0.3) is 0 Å². The Morgan fingerprint density at radius 3 is 2.71 bits per heavy atom. The van der Waals surface area contributed by atoms with Crippen LogP contribution in [0.2, 0.25) is 5.02 Å². The van der Waals surface area contributed by atoms with E-state index in [4.69, 9.17) is 17.3 Å². The zero-order valence-corrected chi connectivity index (χ0v) is 9.22. The molecule has 1 fully saturated rings. The van der Waals surface area contributed by atoms with E-state index < -0.39 is 11.0 Å². The minimum absolute atomic E-state index is 0.213. The molecule has 0 aliphatic heterocycles. The quantitative estimate of drug-likeness (QED) is 0.844. The van der Waals surface area contributed by atoms with Crippen LogP contribution in [-0.4, -0.2) is 18.6 Å². The fraction of sp³-hybridized carbons (Fsp3) is 0.625. The number of nitrogens with two attached hydrogens (primary N) is 1. The van der Waals surface area contributed by atoms with Crippen molar-refractivity contribution in [2.24, 2.45) is 0 Å². The van der Waals surface area contributed by atoms with Crippen LogP contribution in [0.15, 0.2) is 6.20 Å². The molecule has 2 N–H and O–H groups in total. The van der Waals surface area contributed by atoms with Gasteiger partial charge in [-0.05, 0) is 12.8 Å². The lowest BCUT2D eigenvalue weighted by atomic mass is 10.4. The molecule has 1 aromatic rings. The molecule has 2 rings (SSSR count). The summed E-state index contributed by atoms with van der Waals surface area (Å²) in [4.78, 5) is 0. The van der Waals surface area contributed by atoms with Gasteiger partial charge < -0.3 is 5.73 Å². The van der Waals surface area contributed by atoms with Crippen molar-refractivity contribution in [2.45, 2.75) is 30.9 Å². The molecule has 1 atom stereocenters. The summed E-state index contributed by atoms with van der Waals surface area (Å²) in [5, 5.41) is 4.50. The lowest BCUT2D eigenvalue weighted by Gasteiger charge is -2.07. The standard InChI is InChI=1S/C8H12ClN3OS/c9-7-5-12(11-8(7)10)14(13)6-3-1-2-4-6/h5-6H,1-4H2,(H2,10,11). The van der Waals surface area contributed by atoms with Crippen molar-refractivity contribution in [3.8, 4) is 0 Å². The molecule has 0 spiro atoms. The minimum atomic E-state index is -1.11. The van der Waals surface area contributed by atoms with Crippen LogP contribution >= 0.6 is 11.6 Å². The molecule has 0 radical (unpaired) electrons. The van der Waals surface area contributed by atoms with Crippen molar-refractivity contribution < 1.29 is 4.21 Å². The first-order valence-corrected chi connectivity index (χ1v) is 6.15. The van der Waals surface area contributed by atoms with Crippen LogP contribution in [0.3, 0.4) is 0 Å². The molecule has 4 nitrogen and oxygen atoms in total. The first-order chi connectivity index (χ1) is 6.68. The van der Waals surface area contributed by atoms with E-state index in [1.54, 1.807) is 0 Å². The van der Waals surface area contributed by atoms with Crippen molar-refractivity contribution in [2.75, 3.05) is 5.73 Å². The van der Waals surface area contributed by atoms with Crippen LogP contribution < -0.4 is 5.73 Å². The zero-order valence-electron chi connectivity index (χ0n) is 7.65. The van der Waals surface area contributed by atoms with Crippen molar-refractivity contribution in [3.63, 3.8) is 0 Å². The van der Waals surface area contributed by atoms with Crippen LogP contribution in [0.5, 0.6) is 0 Å². The predicted octanol–water partition coefficient (Wildman–Crippen LogP) is 1.57. The minimum Gasteiger partial charge on any atom is -0.381 e. The van der Waals surface area contributed by atoms with E-state index in [-0.39, 0.29) is 11.1 Å². The van der Waals surface area contributed by atoms with E-state index in [1.165, 1.54) is 10.3 Å². The van der Waals surface area contributed by atoms with E-state index in [1.807, 2.05) is 0 Å². The Kier molecular flexibility index (Phi) is 2.78. The fourth-order valence-electron chi connectivity index (χ4n) is 1.68. The lowest BCUT2D eigenvalue weighted by Crippen LogP contribution is -2.18. The molecule has 1 aliphatic carbocycles. The predicted molar refractivity (Wildman–Crippen MR) is 57.4 cm³/mol. The monoisotopic (exact) mass is 233 g/mol. The average molecular weight is 234 g/mol. The second kappa shape index (κ2) is 3.90. The molecule has 0 aromatic carbocycles. The number of rotatable bonds is 2. The van der Waals surface area contributed by atoms with E-state index >= 15 is 0 Å². The smallest absolute Gasteiger partial charge is 0.165 e. The molecule has 1 unspecified atom stereocenters. The maximum absolute atomic E-state index is 11.9. The highest BCUT2D eigenvalue weighted by atomic mass is 35.5. The molecule has 1 aromatic heterocycles. The Bertz CT molecular complexity index is 340. The van der Waals surface area contributed by atoms with Gasteiger partial charge in [0.05, 0.1) is 11.4 Å². The number of nitrogen functional groups attached to an aromatic ring is 1. The first-order valence-electron chi connectivity index (χ1n) is 4.60. The molecule has 1 saturated carbocycles. The van der Waals surface area contributed by atoms with E-state index in [0.29, 0.717) is 5.02 Å². The van der Waals surface area contributed by atoms with Gasteiger partial charge in [0, 0.05) is 0 Å². The van der Waals surface area contributed by atoms with Crippen molar-refractivity contribution in [3.05, 3.63) is 11.2 Å². The summed E-state index contributed by atoms with van der Waals surface area (Å²) in [6.07, 6.45) is 5.85. The Morgan fingerprint density at radius 2 is 2.21 bits per heavy atom. The maximum atomic E-state index is 11.9. The summed E-state index contributed by atoms with van der Waals surface area (Å²) in [6, 6.07) is 0. The molecule has 78 valence electrons. The third-order valence-electron chi connectivity index (χ3n) is 2.45. The zero-order chi connectivity index (χ0) is 10.1. The average Bonchev–Trinajstić information content (AvgIpc) is 2.76. The Morgan fingerprint density at radius 1 is 1.57 bits per heavy atom. The summed E-state index contributed by atoms with van der Waals surface area (Å²) in [5.74, 6) is 0.248. The SMILES string of the molecule is Nc1nn(S(=O)C2CCCC2)cc1Cl. The van der Waals surface area contributed by atoms with Crippen LogP contribution in [0.1, 0.15) is 25.7 Å². The molecule has 0 bridgehead atoms. The van der Waals surface area contributed by atoms with E-state index in [0.717, 1.165) is 25.7 Å². The summed E-state index contributed by atoms with van der Waals surface area (Å²) in [6.45, 7) is 0. The number of anilines is 1. The topological polar surface area (TPSA) is 60.9 Å². The molecular weight excluding hydrogens is 222 g/mol. The molecule has 1 heterocycles. The van der Waals surface area contributed by atoms with Gasteiger partial charge in [-0.15, -0.1) is 5.10 Å². The van der Waals surface area contributed by atoms with Gasteiger partial charge in [0.25, 0.3) is 0 Å². The largest absolute Gasteiger partial charge is 0.381 e. The Labute approximate surface area is 90.0 Å². The van der Waals surface area contributed by atoms with Gasteiger partial charge in [0.15, 0.2) is 5.82 Å². The van der Waals surface area contributed by atoms with Crippen LogP contribution in [0, 0.1) is 0 Å². The Hall–Kier alpha value is -0.550. The van der Waals surface area contributed by atoms with Gasteiger partial charge in [0.2, 0.25) is 0 Å². The molecular formula is C8H12ClN3OS. The maximum Gasteiger partial charge on any atom is 0.165 e. The van der Waals surface area contributed by atoms with Gasteiger partial charge >= 0.3 is 0 Å². The third kappa shape index (κ3) is 1.79. The molecule has 14 heavy (non-hydrogen) atoms. The second-order valence-corrected chi connectivity index (χ2v) is 5.45. The first kappa shape index (κ1) is 9.98. The van der Waals surface area contributed by atoms with E-state index in [9.17, 15) is 4.21 Å². The second-order valence-electron chi connectivity index (χ2n) is 3.45. The van der Waals surface area contributed by atoms with Crippen LogP contribution in [0.4, 0.5) is 5.82 Å². The van der Waals surface area contributed by atoms with Gasteiger partial charge in [-0.1, -0.05) is 24.4 Å². The fourth-order valence-corrected chi connectivity index (χ4v) is 3.29. The van der Waals surface area contributed by atoms with Crippen molar-refractivity contribution in [1.82, 2.24) is 9.19 Å². The van der Waals surface area contributed by atoms with Crippen molar-refractivity contribution in [1.29, 1.82) is 0 Å². The number of hydrogen-bond acceptors (Lipinski definition) is 3. The third-order valence-corrected chi connectivity index (χ3v) is 4.34. The highest BCUT2D eigenvalue weighted by Crippen LogP contribution is 2.25. The summed E-state index contributed by atoms with van der Waals surface area (Å²) in [7, 11) is -1.11. The summed E-state index contributed by atoms with van der Waals surface area (Å²) in [5.41, 5.74) is 5.48. The molecule has 1 aliphatic rings. The van der Waals surface area contributed by atoms with Gasteiger partial charge in [0.1, 0.15) is 16.0 Å². The molecule has 6 heteroatoms. The van der Waals surface area contributed by atoms with Gasteiger partial charge in [-0.2, -0.15) is 4.09 Å². The normalized spacial score (nSPS) is 20.1. The summed E-state index contributed by atoms with van der Waals surface area (Å²) >= 11 is 5.74. The Balaban J connectivity index is 2.18. The van der Waals surface area contributed by atoms with Gasteiger partial charge in [-0.3, -0.25) is 0 Å².